The Morgan fingerprint density at radius 2 is 1.75 bits per heavy atom. The summed E-state index contributed by atoms with van der Waals surface area (Å²) < 4.78 is 5.01. The molecule has 2 aromatic rings. The van der Waals surface area contributed by atoms with Gasteiger partial charge in [-0.3, -0.25) is 0 Å². The van der Waals surface area contributed by atoms with Gasteiger partial charge in [-0.25, -0.2) is 4.79 Å². The molecule has 1 unspecified atom stereocenters. The van der Waals surface area contributed by atoms with Crippen LogP contribution in [-0.2, 0) is 4.74 Å². The van der Waals surface area contributed by atoms with Gasteiger partial charge in [0.2, 0.25) is 0 Å². The number of phenols is 1. The lowest BCUT2D eigenvalue weighted by Crippen LogP contribution is -2.19. The number of phenolic OH excluding ortho intramolecular Hbond substituents is 1. The molecule has 1 aliphatic carbocycles. The van der Waals surface area contributed by atoms with Gasteiger partial charge in [0.15, 0.2) is 0 Å². The van der Waals surface area contributed by atoms with E-state index < -0.39 is 12.3 Å². The highest BCUT2D eigenvalue weighted by Crippen LogP contribution is 2.34. The van der Waals surface area contributed by atoms with Gasteiger partial charge in [0.25, 0.3) is 0 Å². The van der Waals surface area contributed by atoms with E-state index in [4.69, 9.17) is 9.84 Å². The average Bonchev–Trinajstić information content (AvgIpc) is 2.58. The van der Waals surface area contributed by atoms with Gasteiger partial charge in [0.05, 0.1) is 0 Å². The molecule has 0 saturated carbocycles. The molecule has 0 radical (unpaired) electrons. The van der Waals surface area contributed by atoms with Crippen LogP contribution in [0.15, 0.2) is 78.4 Å². The third-order valence-electron chi connectivity index (χ3n) is 3.73. The summed E-state index contributed by atoms with van der Waals surface area (Å²) in [7, 11) is 0. The second-order valence-electron chi connectivity index (χ2n) is 5.29. The zero-order valence-corrected chi connectivity index (χ0v) is 12.8. The summed E-state index contributed by atoms with van der Waals surface area (Å²) in [4.78, 5) is 11.0. The largest absolute Gasteiger partial charge is 0.507 e. The Balaban J connectivity index is 2.10. The summed E-state index contributed by atoms with van der Waals surface area (Å²) in [5, 5.41) is 19.0. The molecule has 24 heavy (non-hydrogen) atoms. The van der Waals surface area contributed by atoms with E-state index in [-0.39, 0.29) is 5.75 Å². The predicted octanol–water partition coefficient (Wildman–Crippen LogP) is 4.49. The number of hydrogen-bond donors (Lipinski definition) is 2. The third kappa shape index (κ3) is 3.38. The predicted molar refractivity (Wildman–Crippen MR) is 92.5 cm³/mol. The first-order valence-electron chi connectivity index (χ1n) is 7.48. The second-order valence-corrected chi connectivity index (χ2v) is 5.29. The number of para-hydroxylation sites is 1. The van der Waals surface area contributed by atoms with Gasteiger partial charge in [-0.2, -0.15) is 0 Å². The molecule has 3 rings (SSSR count). The average molecular weight is 320 g/mol. The van der Waals surface area contributed by atoms with Crippen LogP contribution in [0, 0.1) is 0 Å². The van der Waals surface area contributed by atoms with E-state index in [2.05, 4.69) is 0 Å². The van der Waals surface area contributed by atoms with Gasteiger partial charge in [0.1, 0.15) is 11.9 Å². The van der Waals surface area contributed by atoms with Crippen LogP contribution in [0.2, 0.25) is 0 Å². The van der Waals surface area contributed by atoms with Gasteiger partial charge in [-0.15, -0.1) is 0 Å². The van der Waals surface area contributed by atoms with E-state index in [1.807, 2.05) is 42.5 Å². The zero-order chi connectivity index (χ0) is 16.9. The minimum Gasteiger partial charge on any atom is -0.507 e. The molecule has 2 N–H and O–H groups in total. The number of benzene rings is 2. The summed E-state index contributed by atoms with van der Waals surface area (Å²) in [6, 6.07) is 16.5. The minimum atomic E-state index is -1.35. The molecular formula is C20H16O4. The minimum absolute atomic E-state index is 0.126. The summed E-state index contributed by atoms with van der Waals surface area (Å²) in [5.74, 6) is 0.126. The van der Waals surface area contributed by atoms with Crippen molar-refractivity contribution in [3.8, 4) is 5.75 Å². The first-order valence-corrected chi connectivity index (χ1v) is 7.48. The number of hydrogen-bond acceptors (Lipinski definition) is 3. The lowest BCUT2D eigenvalue weighted by Gasteiger charge is -2.22. The van der Waals surface area contributed by atoms with Crippen LogP contribution in [0.4, 0.5) is 4.79 Å². The number of rotatable bonds is 3. The maximum Gasteiger partial charge on any atom is 0.506 e. The van der Waals surface area contributed by atoms with E-state index >= 15 is 0 Å². The molecule has 0 aliphatic heterocycles. The summed E-state index contributed by atoms with van der Waals surface area (Å²) in [5.41, 5.74) is 3.08. The number of ether oxygens (including phenoxy) is 1. The summed E-state index contributed by atoms with van der Waals surface area (Å²) in [6.07, 6.45) is 5.03. The first kappa shape index (κ1) is 15.6. The van der Waals surface area contributed by atoms with Gasteiger partial charge in [0, 0.05) is 11.1 Å². The molecule has 4 nitrogen and oxygen atoms in total. The van der Waals surface area contributed by atoms with Crippen LogP contribution in [-0.4, -0.2) is 22.5 Å². The number of aromatic hydroxyl groups is 1. The van der Waals surface area contributed by atoms with Gasteiger partial charge in [-0.05, 0) is 29.4 Å². The highest BCUT2D eigenvalue weighted by atomic mass is 16.7. The van der Waals surface area contributed by atoms with Crippen molar-refractivity contribution >= 4 is 17.8 Å². The van der Waals surface area contributed by atoms with Crippen molar-refractivity contribution in [2.24, 2.45) is 0 Å². The van der Waals surface area contributed by atoms with Crippen molar-refractivity contribution < 1.29 is 19.7 Å². The van der Waals surface area contributed by atoms with Crippen LogP contribution in [0.3, 0.4) is 0 Å². The molecule has 0 heterocycles. The normalized spacial score (nSPS) is 18.2. The molecule has 0 saturated heterocycles. The van der Waals surface area contributed by atoms with E-state index in [1.165, 1.54) is 0 Å². The van der Waals surface area contributed by atoms with E-state index in [9.17, 15) is 9.90 Å². The number of carboxylic acid groups (broad SMARTS) is 1. The number of carbonyl (C=O) groups is 1. The second kappa shape index (κ2) is 6.87. The van der Waals surface area contributed by atoms with Gasteiger partial charge < -0.3 is 14.9 Å². The maximum absolute atomic E-state index is 11.0. The topological polar surface area (TPSA) is 66.8 Å². The SMILES string of the molecule is O=C(O)OC1C=CC=C(c2ccccc2)C1=Cc1ccccc1O. The fourth-order valence-corrected chi connectivity index (χ4v) is 2.63. The van der Waals surface area contributed by atoms with E-state index in [1.54, 1.807) is 36.4 Å². The molecule has 0 fully saturated rings. The van der Waals surface area contributed by atoms with Crippen LogP contribution in [0.1, 0.15) is 11.1 Å². The standard InChI is InChI=1S/C20H16O4/c21-18-11-5-4-9-15(18)13-17-16(14-7-2-1-3-8-14)10-6-12-19(17)24-20(22)23/h1-13,19,21H,(H,22,23). The lowest BCUT2D eigenvalue weighted by molar-refractivity contribution is 0.0813. The van der Waals surface area contributed by atoms with Crippen LogP contribution in [0.25, 0.3) is 11.6 Å². The quantitative estimate of drug-likeness (QED) is 0.818. The smallest absolute Gasteiger partial charge is 0.506 e. The van der Waals surface area contributed by atoms with Crippen LogP contribution >= 0.6 is 0 Å². The molecule has 120 valence electrons. The Kier molecular flexibility index (Phi) is 4.47. The Morgan fingerprint density at radius 3 is 2.46 bits per heavy atom. The monoisotopic (exact) mass is 320 g/mol. The Morgan fingerprint density at radius 1 is 1.04 bits per heavy atom. The fourth-order valence-electron chi connectivity index (χ4n) is 2.63. The molecule has 0 spiro atoms. The Labute approximate surface area is 139 Å². The molecule has 0 amide bonds. The highest BCUT2D eigenvalue weighted by molar-refractivity contribution is 5.89. The van der Waals surface area contributed by atoms with Gasteiger partial charge >= 0.3 is 6.16 Å². The molecule has 0 bridgehead atoms. The Bertz CT molecular complexity index is 832. The fraction of sp³-hybridized carbons (Fsp3) is 0.0500. The lowest BCUT2D eigenvalue weighted by atomic mass is 9.88. The van der Waals surface area contributed by atoms with Crippen LogP contribution in [0.5, 0.6) is 5.75 Å². The van der Waals surface area contributed by atoms with Crippen molar-refractivity contribution in [1.82, 2.24) is 0 Å². The highest BCUT2D eigenvalue weighted by Gasteiger charge is 2.23. The molecule has 4 heteroatoms. The van der Waals surface area contributed by atoms with E-state index in [0.29, 0.717) is 11.1 Å². The molecular weight excluding hydrogens is 304 g/mol. The van der Waals surface area contributed by atoms with Crippen molar-refractivity contribution in [2.75, 3.05) is 0 Å². The van der Waals surface area contributed by atoms with Crippen LogP contribution < -0.4 is 0 Å². The molecule has 0 aromatic heterocycles. The third-order valence-corrected chi connectivity index (χ3v) is 3.73. The van der Waals surface area contributed by atoms with Crippen molar-refractivity contribution in [3.63, 3.8) is 0 Å². The van der Waals surface area contributed by atoms with Gasteiger partial charge in [-0.1, -0.05) is 60.7 Å². The van der Waals surface area contributed by atoms with E-state index in [0.717, 1.165) is 11.1 Å². The van der Waals surface area contributed by atoms with Crippen molar-refractivity contribution in [2.45, 2.75) is 6.10 Å². The molecule has 2 aromatic carbocycles. The molecule has 1 aliphatic rings. The van der Waals surface area contributed by atoms with Crippen molar-refractivity contribution in [3.05, 3.63) is 89.5 Å². The number of allylic oxidation sites excluding steroid dienone is 2. The maximum atomic E-state index is 11.0. The zero-order valence-electron chi connectivity index (χ0n) is 12.8. The summed E-state index contributed by atoms with van der Waals surface area (Å²) >= 11 is 0. The van der Waals surface area contributed by atoms with Crippen molar-refractivity contribution in [1.29, 1.82) is 0 Å². The molecule has 1 atom stereocenters. The first-order chi connectivity index (χ1) is 11.6. The Hall–Kier alpha value is -3.27. The summed E-state index contributed by atoms with van der Waals surface area (Å²) in [6.45, 7) is 0.